The Bertz CT molecular complexity index is 881. The fourth-order valence-corrected chi connectivity index (χ4v) is 3.28. The molecule has 0 aliphatic carbocycles. The van der Waals surface area contributed by atoms with Gasteiger partial charge in [-0.3, -0.25) is 9.89 Å². The number of aryl methyl sites for hydroxylation is 3. The van der Waals surface area contributed by atoms with Gasteiger partial charge in [0.25, 0.3) is 0 Å². The number of rotatable bonds is 4. The lowest BCUT2D eigenvalue weighted by Gasteiger charge is -2.06. The van der Waals surface area contributed by atoms with Gasteiger partial charge in [-0.25, -0.2) is 4.98 Å². The van der Waals surface area contributed by atoms with E-state index in [2.05, 4.69) is 20.2 Å². The normalized spacial score (nSPS) is 11.2. The predicted octanol–water partition coefficient (Wildman–Crippen LogP) is 3.12. The molecule has 0 saturated heterocycles. The van der Waals surface area contributed by atoms with Crippen molar-refractivity contribution in [2.75, 3.05) is 0 Å². The lowest BCUT2D eigenvalue weighted by molar-refractivity contribution is 0.941. The van der Waals surface area contributed by atoms with Crippen molar-refractivity contribution in [2.45, 2.75) is 38.1 Å². The first-order valence-corrected chi connectivity index (χ1v) is 8.22. The maximum absolute atomic E-state index is 12.3. The van der Waals surface area contributed by atoms with Crippen LogP contribution < -0.4 is 5.43 Å². The highest BCUT2D eigenvalue weighted by Crippen LogP contribution is 2.20. The molecule has 3 rings (SSSR count). The Morgan fingerprint density at radius 2 is 2.05 bits per heavy atom. The number of hydrogen-bond donors (Lipinski definition) is 2. The van der Waals surface area contributed by atoms with E-state index in [0.717, 1.165) is 40.0 Å². The van der Waals surface area contributed by atoms with Gasteiger partial charge in [0.15, 0.2) is 5.43 Å². The van der Waals surface area contributed by atoms with Crippen LogP contribution >= 0.6 is 11.8 Å². The summed E-state index contributed by atoms with van der Waals surface area (Å²) in [5, 5.41) is 8.52. The van der Waals surface area contributed by atoms with Crippen molar-refractivity contribution in [1.82, 2.24) is 20.2 Å². The Labute approximate surface area is 132 Å². The zero-order chi connectivity index (χ0) is 15.7. The number of fused-ring (bicyclic) bond motifs is 1. The second kappa shape index (κ2) is 5.96. The third-order valence-electron chi connectivity index (χ3n) is 3.53. The van der Waals surface area contributed by atoms with Crippen LogP contribution in [0.4, 0.5) is 0 Å². The topological polar surface area (TPSA) is 74.4 Å². The summed E-state index contributed by atoms with van der Waals surface area (Å²) in [4.78, 5) is 20.0. The Hall–Kier alpha value is -2.08. The van der Waals surface area contributed by atoms with Gasteiger partial charge in [0.1, 0.15) is 5.82 Å². The molecule has 22 heavy (non-hydrogen) atoms. The number of benzene rings is 1. The minimum atomic E-state index is 0.0612. The van der Waals surface area contributed by atoms with E-state index in [0.29, 0.717) is 10.9 Å². The van der Waals surface area contributed by atoms with E-state index >= 15 is 0 Å². The van der Waals surface area contributed by atoms with Gasteiger partial charge in [-0.15, -0.1) is 5.10 Å². The van der Waals surface area contributed by atoms with E-state index in [9.17, 15) is 4.79 Å². The zero-order valence-electron chi connectivity index (χ0n) is 12.9. The Balaban J connectivity index is 1.89. The average molecular weight is 314 g/mol. The van der Waals surface area contributed by atoms with Crippen molar-refractivity contribution in [3.63, 3.8) is 0 Å². The molecule has 2 heterocycles. The number of pyridine rings is 1. The summed E-state index contributed by atoms with van der Waals surface area (Å²) in [7, 11) is 0. The molecule has 6 heteroatoms. The highest BCUT2D eigenvalue weighted by atomic mass is 32.2. The number of nitrogens with zero attached hydrogens (tertiary/aromatic N) is 2. The molecular weight excluding hydrogens is 296 g/mol. The third-order valence-corrected chi connectivity index (χ3v) is 4.43. The lowest BCUT2D eigenvalue weighted by atomic mass is 10.1. The van der Waals surface area contributed by atoms with Crippen LogP contribution in [0.2, 0.25) is 0 Å². The molecule has 5 nitrogen and oxygen atoms in total. The summed E-state index contributed by atoms with van der Waals surface area (Å²) in [6.07, 6.45) is 0.832. The van der Waals surface area contributed by atoms with Crippen molar-refractivity contribution >= 4 is 22.7 Å². The molecule has 3 aromatic rings. The molecule has 0 fully saturated rings. The minimum absolute atomic E-state index is 0.0612. The second-order valence-corrected chi connectivity index (χ2v) is 6.31. The van der Waals surface area contributed by atoms with Crippen molar-refractivity contribution in [2.24, 2.45) is 0 Å². The summed E-state index contributed by atoms with van der Waals surface area (Å²) in [5.74, 6) is 1.51. The van der Waals surface area contributed by atoms with E-state index in [4.69, 9.17) is 0 Å². The van der Waals surface area contributed by atoms with E-state index in [1.54, 1.807) is 6.07 Å². The molecule has 0 amide bonds. The molecule has 2 aromatic heterocycles. The molecule has 0 saturated carbocycles. The van der Waals surface area contributed by atoms with Gasteiger partial charge in [-0.2, -0.15) is 0 Å². The van der Waals surface area contributed by atoms with E-state index in [1.165, 1.54) is 11.8 Å². The predicted molar refractivity (Wildman–Crippen MR) is 89.4 cm³/mol. The number of aromatic nitrogens is 4. The van der Waals surface area contributed by atoms with Gasteiger partial charge in [0.05, 0.1) is 5.52 Å². The van der Waals surface area contributed by atoms with Crippen LogP contribution in [0.15, 0.2) is 28.2 Å². The lowest BCUT2D eigenvalue weighted by Crippen LogP contribution is -2.06. The Morgan fingerprint density at radius 3 is 2.77 bits per heavy atom. The quantitative estimate of drug-likeness (QED) is 0.726. The van der Waals surface area contributed by atoms with Crippen molar-refractivity contribution in [1.29, 1.82) is 0 Å². The molecule has 114 valence electrons. The number of thioether (sulfide) groups is 1. The second-order valence-electron chi connectivity index (χ2n) is 5.37. The molecule has 0 aliphatic heterocycles. The summed E-state index contributed by atoms with van der Waals surface area (Å²) in [6.45, 7) is 6.03. The maximum atomic E-state index is 12.3. The largest absolute Gasteiger partial charge is 0.357 e. The fourth-order valence-electron chi connectivity index (χ4n) is 2.55. The summed E-state index contributed by atoms with van der Waals surface area (Å²) < 4.78 is 0. The van der Waals surface area contributed by atoms with E-state index < -0.39 is 0 Å². The zero-order valence-corrected chi connectivity index (χ0v) is 13.7. The molecule has 1 aromatic carbocycles. The summed E-state index contributed by atoms with van der Waals surface area (Å²) >= 11 is 1.51. The molecule has 0 atom stereocenters. The van der Waals surface area contributed by atoms with Crippen LogP contribution in [0.1, 0.15) is 29.6 Å². The van der Waals surface area contributed by atoms with Gasteiger partial charge >= 0.3 is 0 Å². The van der Waals surface area contributed by atoms with Crippen LogP contribution in [-0.2, 0) is 12.2 Å². The molecule has 0 unspecified atom stereocenters. The van der Waals surface area contributed by atoms with Crippen LogP contribution in [0, 0.1) is 13.8 Å². The first kappa shape index (κ1) is 14.8. The molecule has 2 N–H and O–H groups in total. The highest BCUT2D eigenvalue weighted by Gasteiger charge is 2.08. The Kier molecular flexibility index (Phi) is 4.02. The SMILES string of the molecule is CCc1nc(SCc2cc(=O)c3c(C)cc(C)cc3[nH]2)n[nH]1. The summed E-state index contributed by atoms with van der Waals surface area (Å²) in [6, 6.07) is 5.72. The number of aromatic amines is 2. The maximum Gasteiger partial charge on any atom is 0.208 e. The number of H-pyrrole nitrogens is 2. The van der Waals surface area contributed by atoms with E-state index in [-0.39, 0.29) is 5.43 Å². The summed E-state index contributed by atoms with van der Waals surface area (Å²) in [5.41, 5.74) is 4.00. The van der Waals surface area contributed by atoms with Crippen molar-refractivity contribution < 1.29 is 0 Å². The van der Waals surface area contributed by atoms with Crippen LogP contribution in [-0.4, -0.2) is 20.2 Å². The molecule has 0 bridgehead atoms. The van der Waals surface area contributed by atoms with Gasteiger partial charge < -0.3 is 4.98 Å². The molecular formula is C16H18N4OS. The van der Waals surface area contributed by atoms with Gasteiger partial charge in [0, 0.05) is 29.3 Å². The first-order valence-electron chi connectivity index (χ1n) is 7.24. The third kappa shape index (κ3) is 2.92. The molecule has 0 aliphatic rings. The van der Waals surface area contributed by atoms with Gasteiger partial charge in [0.2, 0.25) is 5.16 Å². The molecule has 0 spiro atoms. The smallest absolute Gasteiger partial charge is 0.208 e. The Morgan fingerprint density at radius 1 is 1.23 bits per heavy atom. The number of hydrogen-bond acceptors (Lipinski definition) is 4. The fraction of sp³-hybridized carbons (Fsp3) is 0.312. The molecule has 0 radical (unpaired) electrons. The first-order chi connectivity index (χ1) is 10.6. The van der Waals surface area contributed by atoms with Crippen LogP contribution in [0.5, 0.6) is 0 Å². The minimum Gasteiger partial charge on any atom is -0.357 e. The van der Waals surface area contributed by atoms with Crippen molar-refractivity contribution in [3.8, 4) is 0 Å². The highest BCUT2D eigenvalue weighted by molar-refractivity contribution is 7.98. The monoisotopic (exact) mass is 314 g/mol. The average Bonchev–Trinajstić information content (AvgIpc) is 2.92. The van der Waals surface area contributed by atoms with Crippen LogP contribution in [0.25, 0.3) is 10.9 Å². The standard InChI is InChI=1S/C16H18N4OS/c1-4-14-18-16(20-19-14)22-8-11-7-13(21)15-10(3)5-9(2)6-12(15)17-11/h5-7H,4,8H2,1-3H3,(H,17,21)(H,18,19,20). The van der Waals surface area contributed by atoms with Gasteiger partial charge in [-0.1, -0.05) is 24.8 Å². The van der Waals surface area contributed by atoms with E-state index in [1.807, 2.05) is 32.9 Å². The van der Waals surface area contributed by atoms with Crippen LogP contribution in [0.3, 0.4) is 0 Å². The van der Waals surface area contributed by atoms with Gasteiger partial charge in [-0.05, 0) is 31.0 Å². The number of nitrogens with one attached hydrogen (secondary N) is 2. The van der Waals surface area contributed by atoms with Crippen molar-refractivity contribution in [3.05, 3.63) is 51.1 Å².